The van der Waals surface area contributed by atoms with Crippen LogP contribution in [0, 0.1) is 0 Å². The van der Waals surface area contributed by atoms with Gasteiger partial charge in [-0.25, -0.2) is 8.42 Å². The zero-order chi connectivity index (χ0) is 22.3. The summed E-state index contributed by atoms with van der Waals surface area (Å²) in [5, 5.41) is 10.4. The third-order valence-electron chi connectivity index (χ3n) is 6.47. The quantitative estimate of drug-likeness (QED) is 0.783. The van der Waals surface area contributed by atoms with Gasteiger partial charge in [0.1, 0.15) is 0 Å². The SMILES string of the molecule is CN1CCC(O)(CS(=O)(=O)c2ccccc2)CC1.CN1CCC(c2ccccc2)CC1. The molecule has 2 aliphatic rings. The summed E-state index contributed by atoms with van der Waals surface area (Å²) in [5.74, 6) is 0.620. The molecule has 2 aromatic rings. The Bertz CT molecular complexity index is 887. The molecule has 31 heavy (non-hydrogen) atoms. The molecule has 2 aromatic carbocycles. The summed E-state index contributed by atoms with van der Waals surface area (Å²) in [6.07, 6.45) is 3.66. The summed E-state index contributed by atoms with van der Waals surface area (Å²) in [4.78, 5) is 4.81. The predicted molar refractivity (Wildman–Crippen MR) is 126 cm³/mol. The summed E-state index contributed by atoms with van der Waals surface area (Å²) in [7, 11) is 0.783. The zero-order valence-corrected chi connectivity index (χ0v) is 19.6. The first-order valence-corrected chi connectivity index (χ1v) is 12.8. The molecule has 0 aliphatic carbocycles. The average Bonchev–Trinajstić information content (AvgIpc) is 2.78. The lowest BCUT2D eigenvalue weighted by atomic mass is 9.90. The largest absolute Gasteiger partial charge is 0.389 e. The molecule has 6 heteroatoms. The highest BCUT2D eigenvalue weighted by atomic mass is 32.2. The average molecular weight is 445 g/mol. The van der Waals surface area contributed by atoms with Crippen LogP contribution in [-0.4, -0.2) is 75.0 Å². The van der Waals surface area contributed by atoms with Gasteiger partial charge in [0, 0.05) is 13.1 Å². The number of hydrogen-bond acceptors (Lipinski definition) is 5. The minimum absolute atomic E-state index is 0.183. The first kappa shape index (κ1) is 23.9. The van der Waals surface area contributed by atoms with E-state index in [9.17, 15) is 13.5 Å². The Morgan fingerprint density at radius 2 is 1.32 bits per heavy atom. The summed E-state index contributed by atoms with van der Waals surface area (Å²) >= 11 is 0. The second-order valence-corrected chi connectivity index (χ2v) is 11.1. The van der Waals surface area contributed by atoms with Gasteiger partial charge in [-0.15, -0.1) is 0 Å². The van der Waals surface area contributed by atoms with Crippen molar-refractivity contribution in [1.82, 2.24) is 9.80 Å². The highest BCUT2D eigenvalue weighted by Gasteiger charge is 2.36. The van der Waals surface area contributed by atoms with Gasteiger partial charge in [0.15, 0.2) is 9.84 Å². The molecule has 0 radical (unpaired) electrons. The van der Waals surface area contributed by atoms with E-state index in [4.69, 9.17) is 0 Å². The minimum Gasteiger partial charge on any atom is -0.389 e. The van der Waals surface area contributed by atoms with Crippen LogP contribution in [0.25, 0.3) is 0 Å². The van der Waals surface area contributed by atoms with E-state index in [1.54, 1.807) is 30.3 Å². The van der Waals surface area contributed by atoms with Crippen molar-refractivity contribution < 1.29 is 13.5 Å². The number of sulfone groups is 1. The molecular formula is C25H36N2O3S. The molecule has 0 aromatic heterocycles. The fraction of sp³-hybridized carbons (Fsp3) is 0.520. The monoisotopic (exact) mass is 444 g/mol. The maximum atomic E-state index is 12.2. The van der Waals surface area contributed by atoms with Crippen molar-refractivity contribution in [3.63, 3.8) is 0 Å². The molecule has 0 spiro atoms. The number of hydrogen-bond donors (Lipinski definition) is 1. The molecule has 0 amide bonds. The van der Waals surface area contributed by atoms with Crippen LogP contribution >= 0.6 is 0 Å². The first-order chi connectivity index (χ1) is 14.8. The zero-order valence-electron chi connectivity index (χ0n) is 18.8. The highest BCUT2D eigenvalue weighted by Crippen LogP contribution is 2.27. The van der Waals surface area contributed by atoms with Gasteiger partial charge in [0.25, 0.3) is 0 Å². The van der Waals surface area contributed by atoms with Crippen molar-refractivity contribution >= 4 is 9.84 Å². The van der Waals surface area contributed by atoms with E-state index in [2.05, 4.69) is 47.2 Å². The summed E-state index contributed by atoms with van der Waals surface area (Å²) in [6.45, 7) is 3.97. The van der Waals surface area contributed by atoms with Gasteiger partial charge in [-0.1, -0.05) is 48.5 Å². The van der Waals surface area contributed by atoms with Gasteiger partial charge < -0.3 is 14.9 Å². The predicted octanol–water partition coefficient (Wildman–Crippen LogP) is 3.41. The van der Waals surface area contributed by atoms with Crippen molar-refractivity contribution in [2.45, 2.75) is 42.1 Å². The number of nitrogens with zero attached hydrogens (tertiary/aromatic N) is 2. The number of rotatable bonds is 4. The topological polar surface area (TPSA) is 60.9 Å². The molecule has 4 rings (SSSR count). The van der Waals surface area contributed by atoms with Crippen molar-refractivity contribution in [3.8, 4) is 0 Å². The summed E-state index contributed by atoms with van der Waals surface area (Å²) in [5.41, 5.74) is 0.442. The van der Waals surface area contributed by atoms with Crippen molar-refractivity contribution in [1.29, 1.82) is 0 Å². The number of aliphatic hydroxyl groups is 1. The van der Waals surface area contributed by atoms with Gasteiger partial charge in [-0.3, -0.25) is 0 Å². The Balaban J connectivity index is 0.000000185. The third-order valence-corrected chi connectivity index (χ3v) is 8.38. The fourth-order valence-electron chi connectivity index (χ4n) is 4.31. The van der Waals surface area contributed by atoms with Gasteiger partial charge >= 0.3 is 0 Å². The Morgan fingerprint density at radius 1 is 0.839 bits per heavy atom. The fourth-order valence-corrected chi connectivity index (χ4v) is 6.05. The van der Waals surface area contributed by atoms with Crippen molar-refractivity contribution in [3.05, 3.63) is 66.2 Å². The molecule has 0 saturated carbocycles. The molecule has 2 saturated heterocycles. The lowest BCUT2D eigenvalue weighted by Crippen LogP contribution is -2.47. The Morgan fingerprint density at radius 3 is 1.87 bits per heavy atom. The lowest BCUT2D eigenvalue weighted by Gasteiger charge is -2.36. The van der Waals surface area contributed by atoms with Crippen LogP contribution in [0.2, 0.25) is 0 Å². The molecular weight excluding hydrogens is 408 g/mol. The van der Waals surface area contributed by atoms with Crippen LogP contribution in [0.15, 0.2) is 65.6 Å². The number of piperidine rings is 2. The standard InChI is InChI=1S/C13H19NO3S.C12H17N/c1-14-9-7-13(15,8-10-14)11-18(16,17)12-5-3-2-4-6-12;1-13-9-7-12(8-10-13)11-5-3-2-4-6-11/h2-6,15H,7-11H2,1H3;2-6,12H,7-10H2,1H3. The molecule has 170 valence electrons. The molecule has 0 bridgehead atoms. The van der Waals surface area contributed by atoms with Crippen molar-refractivity contribution in [2.75, 3.05) is 46.0 Å². The van der Waals surface area contributed by atoms with E-state index in [-0.39, 0.29) is 10.6 Å². The first-order valence-electron chi connectivity index (χ1n) is 11.2. The van der Waals surface area contributed by atoms with Crippen LogP contribution in [0.5, 0.6) is 0 Å². The summed E-state index contributed by atoms with van der Waals surface area (Å²) < 4.78 is 24.4. The van der Waals surface area contributed by atoms with Crippen LogP contribution < -0.4 is 0 Å². The molecule has 2 fully saturated rings. The number of likely N-dealkylation sites (tertiary alicyclic amines) is 2. The van der Waals surface area contributed by atoms with Crippen LogP contribution in [0.4, 0.5) is 0 Å². The maximum absolute atomic E-state index is 12.2. The van der Waals surface area contributed by atoms with Crippen LogP contribution in [0.1, 0.15) is 37.2 Å². The lowest BCUT2D eigenvalue weighted by molar-refractivity contribution is 0.00391. The molecule has 0 unspecified atom stereocenters. The van der Waals surface area contributed by atoms with E-state index in [0.29, 0.717) is 12.8 Å². The Labute approximate surface area is 187 Å². The van der Waals surface area contributed by atoms with Gasteiger partial charge in [-0.05, 0) is 76.5 Å². The van der Waals surface area contributed by atoms with Gasteiger partial charge in [0.2, 0.25) is 0 Å². The number of benzene rings is 2. The molecule has 1 N–H and O–H groups in total. The van der Waals surface area contributed by atoms with E-state index in [0.717, 1.165) is 19.0 Å². The van der Waals surface area contributed by atoms with E-state index in [1.807, 2.05) is 7.05 Å². The highest BCUT2D eigenvalue weighted by molar-refractivity contribution is 7.91. The van der Waals surface area contributed by atoms with Crippen LogP contribution in [0.3, 0.4) is 0 Å². The van der Waals surface area contributed by atoms with Crippen molar-refractivity contribution in [2.24, 2.45) is 0 Å². The second kappa shape index (κ2) is 10.7. The normalized spacial score (nSPS) is 20.6. The molecule has 5 nitrogen and oxygen atoms in total. The molecule has 2 heterocycles. The van der Waals surface area contributed by atoms with Crippen LogP contribution in [-0.2, 0) is 9.84 Å². The third kappa shape index (κ3) is 7.14. The Hall–Kier alpha value is -1.73. The smallest absolute Gasteiger partial charge is 0.181 e. The second-order valence-electron chi connectivity index (χ2n) is 9.09. The summed E-state index contributed by atoms with van der Waals surface area (Å²) in [6, 6.07) is 19.2. The van der Waals surface area contributed by atoms with Gasteiger partial charge in [-0.2, -0.15) is 0 Å². The van der Waals surface area contributed by atoms with E-state index < -0.39 is 15.4 Å². The van der Waals surface area contributed by atoms with E-state index >= 15 is 0 Å². The minimum atomic E-state index is -3.40. The van der Waals surface area contributed by atoms with E-state index in [1.165, 1.54) is 31.5 Å². The van der Waals surface area contributed by atoms with Gasteiger partial charge in [0.05, 0.1) is 16.2 Å². The molecule has 0 atom stereocenters. The Kier molecular flexibility index (Phi) is 8.28. The maximum Gasteiger partial charge on any atom is 0.181 e. The molecule has 2 aliphatic heterocycles.